The van der Waals surface area contributed by atoms with Crippen molar-refractivity contribution in [2.24, 2.45) is 0 Å². The zero-order valence-electron chi connectivity index (χ0n) is 11.0. The third-order valence-corrected chi connectivity index (χ3v) is 3.29. The maximum atomic E-state index is 6.12. The van der Waals surface area contributed by atoms with Crippen molar-refractivity contribution in [1.29, 1.82) is 0 Å². The van der Waals surface area contributed by atoms with Crippen LogP contribution in [0.3, 0.4) is 0 Å². The molecule has 3 heteroatoms. The van der Waals surface area contributed by atoms with Gasteiger partial charge in [-0.15, -0.1) is 0 Å². The molecule has 2 aromatic rings. The molecule has 0 atom stereocenters. The zero-order chi connectivity index (χ0) is 13.1. The Balaban J connectivity index is 2.21. The summed E-state index contributed by atoms with van der Waals surface area (Å²) in [5.41, 5.74) is 2.11. The fourth-order valence-corrected chi connectivity index (χ4v) is 1.97. The fourth-order valence-electron chi connectivity index (χ4n) is 1.80. The molecular formula is C15H18ClNO. The lowest BCUT2D eigenvalue weighted by Gasteiger charge is -2.06. The molecule has 2 rings (SSSR count). The Morgan fingerprint density at radius 3 is 2.72 bits per heavy atom. The van der Waals surface area contributed by atoms with Crippen LogP contribution in [0.2, 0.25) is 5.02 Å². The van der Waals surface area contributed by atoms with Crippen molar-refractivity contribution < 1.29 is 4.42 Å². The second-order valence-electron chi connectivity index (χ2n) is 4.71. The first-order chi connectivity index (χ1) is 8.58. The molecule has 2 nitrogen and oxygen atoms in total. The number of rotatable bonds is 4. The summed E-state index contributed by atoms with van der Waals surface area (Å²) in [6, 6.07) is 10.3. The summed E-state index contributed by atoms with van der Waals surface area (Å²) in [4.78, 5) is 0. The van der Waals surface area contributed by atoms with E-state index in [-0.39, 0.29) is 0 Å². The Hall–Kier alpha value is -1.25. The number of nitrogens with one attached hydrogen (secondary N) is 1. The van der Waals surface area contributed by atoms with E-state index in [9.17, 15) is 0 Å². The lowest BCUT2D eigenvalue weighted by Crippen LogP contribution is -2.21. The predicted molar refractivity (Wildman–Crippen MR) is 75.9 cm³/mol. The van der Waals surface area contributed by atoms with E-state index in [2.05, 4.69) is 19.2 Å². The molecule has 0 bridgehead atoms. The van der Waals surface area contributed by atoms with Gasteiger partial charge in [-0.25, -0.2) is 0 Å². The number of hydrogen-bond acceptors (Lipinski definition) is 2. The van der Waals surface area contributed by atoms with Crippen molar-refractivity contribution in [1.82, 2.24) is 5.32 Å². The van der Waals surface area contributed by atoms with E-state index in [1.54, 1.807) is 0 Å². The van der Waals surface area contributed by atoms with Crippen LogP contribution in [0.15, 0.2) is 34.7 Å². The van der Waals surface area contributed by atoms with Crippen LogP contribution in [0.5, 0.6) is 0 Å². The Labute approximate surface area is 113 Å². The Bertz CT molecular complexity index is 531. The van der Waals surface area contributed by atoms with Gasteiger partial charge in [-0.1, -0.05) is 37.6 Å². The molecule has 0 fully saturated rings. The zero-order valence-corrected chi connectivity index (χ0v) is 11.7. The normalized spacial score (nSPS) is 11.2. The van der Waals surface area contributed by atoms with Crippen molar-refractivity contribution in [2.45, 2.75) is 33.4 Å². The fraction of sp³-hybridized carbons (Fsp3) is 0.333. The second-order valence-corrected chi connectivity index (χ2v) is 5.12. The Kier molecular flexibility index (Phi) is 4.10. The van der Waals surface area contributed by atoms with Crippen LogP contribution < -0.4 is 5.32 Å². The molecule has 1 N–H and O–H groups in total. The first-order valence-corrected chi connectivity index (χ1v) is 6.53. The number of hydrogen-bond donors (Lipinski definition) is 1. The van der Waals surface area contributed by atoms with Crippen molar-refractivity contribution >= 4 is 11.6 Å². The van der Waals surface area contributed by atoms with Gasteiger partial charge in [-0.05, 0) is 30.7 Å². The SMILES string of the molecule is Cc1c(Cl)cccc1-c1ccc(CNC(C)C)o1. The summed E-state index contributed by atoms with van der Waals surface area (Å²) in [6.45, 7) is 6.99. The first-order valence-electron chi connectivity index (χ1n) is 6.15. The highest BCUT2D eigenvalue weighted by atomic mass is 35.5. The van der Waals surface area contributed by atoms with E-state index in [0.717, 1.165) is 34.2 Å². The number of benzene rings is 1. The van der Waals surface area contributed by atoms with Crippen LogP contribution >= 0.6 is 11.6 Å². The first kappa shape index (κ1) is 13.2. The summed E-state index contributed by atoms with van der Waals surface area (Å²) in [5.74, 6) is 1.81. The molecule has 18 heavy (non-hydrogen) atoms. The molecule has 1 aromatic carbocycles. The van der Waals surface area contributed by atoms with Crippen LogP contribution in [0.1, 0.15) is 25.2 Å². The average molecular weight is 264 g/mol. The van der Waals surface area contributed by atoms with Gasteiger partial charge < -0.3 is 9.73 Å². The molecule has 0 unspecified atom stereocenters. The van der Waals surface area contributed by atoms with Crippen LogP contribution in [0.25, 0.3) is 11.3 Å². The highest BCUT2D eigenvalue weighted by Crippen LogP contribution is 2.29. The van der Waals surface area contributed by atoms with Crippen molar-refractivity contribution in [2.75, 3.05) is 0 Å². The van der Waals surface area contributed by atoms with E-state index in [4.69, 9.17) is 16.0 Å². The quantitative estimate of drug-likeness (QED) is 0.884. The summed E-state index contributed by atoms with van der Waals surface area (Å²) >= 11 is 6.12. The molecule has 0 spiro atoms. The lowest BCUT2D eigenvalue weighted by molar-refractivity contribution is 0.473. The molecule has 0 aliphatic heterocycles. The minimum absolute atomic E-state index is 0.450. The smallest absolute Gasteiger partial charge is 0.134 e. The van der Waals surface area contributed by atoms with Crippen LogP contribution in [0.4, 0.5) is 0 Å². The van der Waals surface area contributed by atoms with Gasteiger partial charge in [-0.2, -0.15) is 0 Å². The third kappa shape index (κ3) is 2.95. The lowest BCUT2D eigenvalue weighted by atomic mass is 10.1. The number of halogens is 1. The minimum Gasteiger partial charge on any atom is -0.460 e. The van der Waals surface area contributed by atoms with Gasteiger partial charge in [0.05, 0.1) is 6.54 Å². The van der Waals surface area contributed by atoms with E-state index in [1.807, 2.05) is 37.3 Å². The monoisotopic (exact) mass is 263 g/mol. The third-order valence-electron chi connectivity index (χ3n) is 2.88. The van der Waals surface area contributed by atoms with E-state index in [1.165, 1.54) is 0 Å². The summed E-state index contributed by atoms with van der Waals surface area (Å²) in [5, 5.41) is 4.10. The molecule has 0 saturated heterocycles. The topological polar surface area (TPSA) is 25.2 Å². The average Bonchev–Trinajstić information content (AvgIpc) is 2.78. The molecule has 0 saturated carbocycles. The molecule has 96 valence electrons. The van der Waals surface area contributed by atoms with Gasteiger partial charge in [0.25, 0.3) is 0 Å². The number of furan rings is 1. The van der Waals surface area contributed by atoms with E-state index in [0.29, 0.717) is 6.04 Å². The predicted octanol–water partition coefficient (Wildman–Crippen LogP) is 4.41. The molecular weight excluding hydrogens is 246 g/mol. The van der Waals surface area contributed by atoms with Crippen molar-refractivity contribution in [3.63, 3.8) is 0 Å². The van der Waals surface area contributed by atoms with Gasteiger partial charge in [-0.3, -0.25) is 0 Å². The molecule has 1 aromatic heterocycles. The van der Waals surface area contributed by atoms with Crippen molar-refractivity contribution in [3.8, 4) is 11.3 Å². The van der Waals surface area contributed by atoms with Gasteiger partial charge in [0.1, 0.15) is 11.5 Å². The molecule has 0 aliphatic rings. The Morgan fingerprint density at radius 1 is 1.22 bits per heavy atom. The van der Waals surface area contributed by atoms with Gasteiger partial charge in [0.15, 0.2) is 0 Å². The molecule has 0 amide bonds. The summed E-state index contributed by atoms with van der Waals surface area (Å²) in [7, 11) is 0. The molecule has 0 radical (unpaired) electrons. The van der Waals surface area contributed by atoms with Gasteiger partial charge in [0, 0.05) is 16.6 Å². The highest BCUT2D eigenvalue weighted by Gasteiger charge is 2.09. The molecule has 0 aliphatic carbocycles. The maximum Gasteiger partial charge on any atom is 0.134 e. The largest absolute Gasteiger partial charge is 0.460 e. The van der Waals surface area contributed by atoms with Crippen LogP contribution in [-0.4, -0.2) is 6.04 Å². The van der Waals surface area contributed by atoms with Crippen molar-refractivity contribution in [3.05, 3.63) is 46.7 Å². The standard InChI is InChI=1S/C15H18ClNO/c1-10(2)17-9-12-7-8-15(18-12)13-5-4-6-14(16)11(13)3/h4-8,10,17H,9H2,1-3H3. The summed E-state index contributed by atoms with van der Waals surface area (Å²) in [6.07, 6.45) is 0. The van der Waals surface area contributed by atoms with E-state index >= 15 is 0 Å². The van der Waals surface area contributed by atoms with Gasteiger partial charge >= 0.3 is 0 Å². The Morgan fingerprint density at radius 2 is 2.00 bits per heavy atom. The molecule has 1 heterocycles. The van der Waals surface area contributed by atoms with Gasteiger partial charge in [0.2, 0.25) is 0 Å². The summed E-state index contributed by atoms with van der Waals surface area (Å²) < 4.78 is 5.83. The highest BCUT2D eigenvalue weighted by molar-refractivity contribution is 6.31. The second kappa shape index (κ2) is 5.59. The maximum absolute atomic E-state index is 6.12. The minimum atomic E-state index is 0.450. The van der Waals surface area contributed by atoms with Crippen LogP contribution in [0, 0.1) is 6.92 Å². The van der Waals surface area contributed by atoms with Crippen LogP contribution in [-0.2, 0) is 6.54 Å². The van der Waals surface area contributed by atoms with E-state index < -0.39 is 0 Å².